The number of nitrogens with zero attached hydrogens (tertiary/aromatic N) is 3. The summed E-state index contributed by atoms with van der Waals surface area (Å²) in [4.78, 5) is 11.0. The molecule has 0 saturated carbocycles. The molecule has 0 radical (unpaired) electrons. The fraction of sp³-hybridized carbons (Fsp3) is 0.333. The summed E-state index contributed by atoms with van der Waals surface area (Å²) in [6.07, 6.45) is 1.13. The molecule has 3 rings (SSSR count). The molecule has 5 nitrogen and oxygen atoms in total. The lowest BCUT2D eigenvalue weighted by molar-refractivity contribution is 0.616. The van der Waals surface area contributed by atoms with Gasteiger partial charge in [-0.15, -0.1) is 0 Å². The average molecular weight is 269 g/mol. The van der Waals surface area contributed by atoms with Crippen molar-refractivity contribution >= 4 is 11.8 Å². The first-order valence-corrected chi connectivity index (χ1v) is 6.88. The van der Waals surface area contributed by atoms with Crippen molar-refractivity contribution in [2.45, 2.75) is 12.5 Å². The molecule has 2 heterocycles. The molecule has 3 N–H and O–H groups in total. The fourth-order valence-electron chi connectivity index (χ4n) is 2.58. The largest absolute Gasteiger partial charge is 0.368 e. The molecule has 2 aromatic rings. The minimum Gasteiger partial charge on any atom is -0.368 e. The van der Waals surface area contributed by atoms with Crippen molar-refractivity contribution in [3.8, 4) is 11.3 Å². The third-order valence-electron chi connectivity index (χ3n) is 3.72. The van der Waals surface area contributed by atoms with Crippen LogP contribution in [-0.2, 0) is 0 Å². The van der Waals surface area contributed by atoms with Gasteiger partial charge in [-0.2, -0.15) is 4.98 Å². The molecule has 104 valence electrons. The van der Waals surface area contributed by atoms with Crippen LogP contribution < -0.4 is 16.0 Å². The van der Waals surface area contributed by atoms with Crippen LogP contribution >= 0.6 is 0 Å². The van der Waals surface area contributed by atoms with Crippen molar-refractivity contribution in [2.75, 3.05) is 30.8 Å². The number of nitrogens with one attached hydrogen (secondary N) is 1. The van der Waals surface area contributed by atoms with Gasteiger partial charge in [-0.1, -0.05) is 30.3 Å². The third kappa shape index (κ3) is 2.58. The van der Waals surface area contributed by atoms with Crippen LogP contribution in [0.2, 0.25) is 0 Å². The predicted molar refractivity (Wildman–Crippen MR) is 81.6 cm³/mol. The monoisotopic (exact) mass is 269 g/mol. The zero-order valence-corrected chi connectivity index (χ0v) is 11.6. The Morgan fingerprint density at radius 2 is 2.05 bits per heavy atom. The second-order valence-corrected chi connectivity index (χ2v) is 5.06. The van der Waals surface area contributed by atoms with Gasteiger partial charge in [-0.3, -0.25) is 0 Å². The van der Waals surface area contributed by atoms with Crippen molar-refractivity contribution in [3.63, 3.8) is 0 Å². The van der Waals surface area contributed by atoms with E-state index in [0.717, 1.165) is 36.6 Å². The molecule has 1 aromatic heterocycles. The molecule has 20 heavy (non-hydrogen) atoms. The molecule has 1 aromatic carbocycles. The first-order valence-electron chi connectivity index (χ1n) is 6.88. The van der Waals surface area contributed by atoms with E-state index in [2.05, 4.69) is 20.2 Å². The lowest BCUT2D eigenvalue weighted by Crippen LogP contribution is -2.30. The number of rotatable bonds is 3. The van der Waals surface area contributed by atoms with E-state index in [1.165, 1.54) is 0 Å². The van der Waals surface area contributed by atoms with Gasteiger partial charge in [0.25, 0.3) is 0 Å². The summed E-state index contributed by atoms with van der Waals surface area (Å²) in [5.41, 5.74) is 7.81. The number of hydrogen-bond acceptors (Lipinski definition) is 5. The summed E-state index contributed by atoms with van der Waals surface area (Å²) in [7, 11) is 2.00. The maximum Gasteiger partial charge on any atom is 0.222 e. The minimum atomic E-state index is 0.328. The van der Waals surface area contributed by atoms with E-state index in [1.54, 1.807) is 0 Å². The van der Waals surface area contributed by atoms with E-state index in [0.29, 0.717) is 12.0 Å². The summed E-state index contributed by atoms with van der Waals surface area (Å²) in [5.74, 6) is 1.24. The molecule has 5 heteroatoms. The normalized spacial score (nSPS) is 18.4. The van der Waals surface area contributed by atoms with Gasteiger partial charge in [-0.05, 0) is 13.5 Å². The van der Waals surface area contributed by atoms with Crippen molar-refractivity contribution in [3.05, 3.63) is 36.4 Å². The summed E-state index contributed by atoms with van der Waals surface area (Å²) in [6, 6.07) is 12.6. The first-order chi connectivity index (χ1) is 9.76. The van der Waals surface area contributed by atoms with Gasteiger partial charge < -0.3 is 16.0 Å². The quantitative estimate of drug-likeness (QED) is 0.884. The van der Waals surface area contributed by atoms with E-state index in [-0.39, 0.29) is 0 Å². The molecule has 1 aliphatic heterocycles. The van der Waals surface area contributed by atoms with Crippen LogP contribution in [0, 0.1) is 0 Å². The van der Waals surface area contributed by atoms with E-state index >= 15 is 0 Å². The van der Waals surface area contributed by atoms with Crippen molar-refractivity contribution in [1.82, 2.24) is 15.3 Å². The van der Waals surface area contributed by atoms with Crippen molar-refractivity contribution < 1.29 is 0 Å². The van der Waals surface area contributed by atoms with Crippen LogP contribution in [0.1, 0.15) is 6.42 Å². The topological polar surface area (TPSA) is 67.1 Å². The maximum atomic E-state index is 5.87. The number of benzene rings is 1. The highest BCUT2D eigenvalue weighted by atomic mass is 15.2. The molecular weight excluding hydrogens is 250 g/mol. The summed E-state index contributed by atoms with van der Waals surface area (Å²) < 4.78 is 0. The van der Waals surface area contributed by atoms with Crippen LogP contribution in [0.3, 0.4) is 0 Å². The average Bonchev–Trinajstić information content (AvgIpc) is 2.96. The Hall–Kier alpha value is -2.14. The van der Waals surface area contributed by atoms with Crippen LogP contribution in [0.5, 0.6) is 0 Å². The van der Waals surface area contributed by atoms with Gasteiger partial charge in [-0.25, -0.2) is 4.98 Å². The lowest BCUT2D eigenvalue weighted by atomic mass is 10.1. The highest BCUT2D eigenvalue weighted by molar-refractivity contribution is 5.64. The molecule has 0 bridgehead atoms. The predicted octanol–water partition coefficient (Wildman–Crippen LogP) is 1.52. The van der Waals surface area contributed by atoms with Crippen LogP contribution in [-0.4, -0.2) is 36.1 Å². The van der Waals surface area contributed by atoms with Gasteiger partial charge in [0, 0.05) is 30.8 Å². The Labute approximate surface area is 118 Å². The van der Waals surface area contributed by atoms with Gasteiger partial charge in [0.1, 0.15) is 5.82 Å². The third-order valence-corrected chi connectivity index (χ3v) is 3.72. The molecule has 1 aliphatic rings. The number of nitrogens with two attached hydrogens (primary N) is 1. The van der Waals surface area contributed by atoms with Gasteiger partial charge in [0.15, 0.2) is 0 Å². The summed E-state index contributed by atoms with van der Waals surface area (Å²) in [5, 5.41) is 3.31. The molecule has 0 unspecified atom stereocenters. The molecule has 1 atom stereocenters. The van der Waals surface area contributed by atoms with E-state index < -0.39 is 0 Å². The smallest absolute Gasteiger partial charge is 0.222 e. The van der Waals surface area contributed by atoms with Gasteiger partial charge in [0.05, 0.1) is 5.69 Å². The fourth-order valence-corrected chi connectivity index (χ4v) is 2.58. The number of anilines is 2. The zero-order valence-electron chi connectivity index (χ0n) is 11.6. The number of nitrogen functional groups attached to an aromatic ring is 1. The molecule has 0 spiro atoms. The standard InChI is InChI=1S/C15H19N5/c1-17-12-7-8-20(10-12)14-9-13(18-15(16)19-14)11-5-3-2-4-6-11/h2-6,9,12,17H,7-8,10H2,1H3,(H2,16,18,19)/t12-/m0/s1. The molecular formula is C15H19N5. The first kappa shape index (κ1) is 12.9. The van der Waals surface area contributed by atoms with Gasteiger partial charge in [0.2, 0.25) is 5.95 Å². The molecule has 1 fully saturated rings. The number of hydrogen-bond donors (Lipinski definition) is 2. The van der Waals surface area contributed by atoms with E-state index in [1.807, 2.05) is 43.4 Å². The summed E-state index contributed by atoms with van der Waals surface area (Å²) in [6.45, 7) is 1.96. The molecule has 0 aliphatic carbocycles. The molecule has 1 saturated heterocycles. The Balaban J connectivity index is 1.92. The zero-order chi connectivity index (χ0) is 13.9. The van der Waals surface area contributed by atoms with Crippen LogP contribution in [0.25, 0.3) is 11.3 Å². The van der Waals surface area contributed by atoms with Crippen LogP contribution in [0.15, 0.2) is 36.4 Å². The Morgan fingerprint density at radius 1 is 1.25 bits per heavy atom. The van der Waals surface area contributed by atoms with Crippen molar-refractivity contribution in [1.29, 1.82) is 0 Å². The van der Waals surface area contributed by atoms with E-state index in [4.69, 9.17) is 5.73 Å². The SMILES string of the molecule is CN[C@H]1CCN(c2cc(-c3ccccc3)nc(N)n2)C1. The maximum absolute atomic E-state index is 5.87. The Morgan fingerprint density at radius 3 is 2.75 bits per heavy atom. The molecule has 0 amide bonds. The van der Waals surface area contributed by atoms with Gasteiger partial charge >= 0.3 is 0 Å². The number of aromatic nitrogens is 2. The Bertz CT molecular complexity index is 584. The highest BCUT2D eigenvalue weighted by Crippen LogP contribution is 2.24. The van der Waals surface area contributed by atoms with Crippen LogP contribution in [0.4, 0.5) is 11.8 Å². The number of likely N-dealkylation sites (N-methyl/N-ethyl adjacent to an activating group) is 1. The minimum absolute atomic E-state index is 0.328. The Kier molecular flexibility index (Phi) is 3.52. The summed E-state index contributed by atoms with van der Waals surface area (Å²) >= 11 is 0. The van der Waals surface area contributed by atoms with E-state index in [9.17, 15) is 0 Å². The highest BCUT2D eigenvalue weighted by Gasteiger charge is 2.22. The van der Waals surface area contributed by atoms with Crippen molar-refractivity contribution in [2.24, 2.45) is 0 Å². The second-order valence-electron chi connectivity index (χ2n) is 5.06. The lowest BCUT2D eigenvalue weighted by Gasteiger charge is -2.18. The second kappa shape index (κ2) is 5.46.